The maximum Gasteiger partial charge on any atom is 0.155 e. The van der Waals surface area contributed by atoms with E-state index in [1.165, 1.54) is 46.2 Å². The molecule has 0 fully saturated rings. The van der Waals surface area contributed by atoms with Crippen LogP contribution in [0.4, 0.5) is 0 Å². The first-order chi connectivity index (χ1) is 16.5. The monoisotopic (exact) mass is 655 g/mol. The second-order valence-corrected chi connectivity index (χ2v) is 8.89. The minimum Gasteiger partial charge on any atom is -0.512 e. The Hall–Kier alpha value is -3.37. The summed E-state index contributed by atoms with van der Waals surface area (Å²) in [5.74, 6) is -0.0625. The van der Waals surface area contributed by atoms with E-state index in [1.807, 2.05) is 18.2 Å². The molecule has 0 saturated carbocycles. The van der Waals surface area contributed by atoms with Crippen LogP contribution in [0, 0.1) is 6.07 Å². The molecule has 177 valence electrons. The first-order valence-electron chi connectivity index (χ1n) is 10.9. The van der Waals surface area contributed by atoms with Gasteiger partial charge in [-0.3, -0.25) is 9.78 Å². The van der Waals surface area contributed by atoms with E-state index in [9.17, 15) is 4.79 Å². The van der Waals surface area contributed by atoms with Crippen molar-refractivity contribution in [3.05, 3.63) is 115 Å². The third-order valence-corrected chi connectivity index (χ3v) is 6.17. The molecule has 2 aromatic heterocycles. The number of carbonyl (C=O) groups is 1. The van der Waals surface area contributed by atoms with Gasteiger partial charge in [0.15, 0.2) is 5.78 Å². The van der Waals surface area contributed by atoms with Crippen LogP contribution in [0.2, 0.25) is 0 Å². The number of benzene rings is 3. The summed E-state index contributed by atoms with van der Waals surface area (Å²) < 4.78 is 1.21. The van der Waals surface area contributed by atoms with Gasteiger partial charge >= 0.3 is 0 Å². The molecule has 0 amide bonds. The fraction of sp³-hybridized carbons (Fsp3) is 0.0667. The molecule has 0 spiro atoms. The van der Waals surface area contributed by atoms with Crippen molar-refractivity contribution in [3.63, 3.8) is 0 Å². The van der Waals surface area contributed by atoms with Crippen molar-refractivity contribution < 1.29 is 30.0 Å². The molecule has 1 radical (unpaired) electrons. The molecule has 5 rings (SSSR count). The van der Waals surface area contributed by atoms with E-state index in [4.69, 9.17) is 10.1 Å². The topological polar surface area (TPSA) is 50.2 Å². The summed E-state index contributed by atoms with van der Waals surface area (Å²) >= 11 is 1.78. The van der Waals surface area contributed by atoms with Crippen LogP contribution < -0.4 is 0 Å². The Bertz CT molecular complexity index is 1440. The summed E-state index contributed by atoms with van der Waals surface area (Å²) in [5, 5.41) is 8.36. The maximum absolute atomic E-state index is 10.0. The molecule has 1 N–H and O–H groups in total. The molecule has 5 aromatic rings. The van der Waals surface area contributed by atoms with Gasteiger partial charge in [0.1, 0.15) is 0 Å². The van der Waals surface area contributed by atoms with E-state index >= 15 is 0 Å². The number of nitrogens with zero attached hydrogens (tertiary/aromatic N) is 1. The second-order valence-electron chi connectivity index (χ2n) is 7.81. The number of thiophene rings is 1. The van der Waals surface area contributed by atoms with Crippen LogP contribution in [0.25, 0.3) is 43.0 Å². The molecule has 35 heavy (non-hydrogen) atoms. The Morgan fingerprint density at radius 1 is 0.857 bits per heavy atom. The number of aliphatic hydroxyl groups excluding tert-OH is 1. The molecular weight excluding hydrogens is 631 g/mol. The third kappa shape index (κ3) is 7.06. The molecule has 3 nitrogen and oxygen atoms in total. The van der Waals surface area contributed by atoms with Crippen LogP contribution in [0.3, 0.4) is 0 Å². The Morgan fingerprint density at radius 3 is 2.11 bits per heavy atom. The zero-order valence-electron chi connectivity index (χ0n) is 19.4. The Balaban J connectivity index is 0.000000378. The van der Waals surface area contributed by atoms with Crippen LogP contribution in [-0.2, 0) is 24.9 Å². The van der Waals surface area contributed by atoms with Gasteiger partial charge in [0, 0.05) is 31.1 Å². The van der Waals surface area contributed by atoms with Gasteiger partial charge in [-0.25, -0.2) is 0 Å². The molecule has 0 aliphatic carbocycles. The number of carbonyl (C=O) groups excluding carboxylic acids is 1. The van der Waals surface area contributed by atoms with Crippen molar-refractivity contribution in [1.29, 1.82) is 0 Å². The molecular formula is C30H24IrNO2S-. The summed E-state index contributed by atoms with van der Waals surface area (Å²) in [6.45, 7) is 2.85. The van der Waals surface area contributed by atoms with Crippen LogP contribution in [0.15, 0.2) is 109 Å². The van der Waals surface area contributed by atoms with Gasteiger partial charge in [-0.15, -0.1) is 46.7 Å². The minimum absolute atomic E-state index is 0. The quantitative estimate of drug-likeness (QED) is 0.121. The van der Waals surface area contributed by atoms with Crippen LogP contribution >= 0.6 is 11.3 Å². The average Bonchev–Trinajstić information content (AvgIpc) is 3.28. The first kappa shape index (κ1) is 26.2. The van der Waals surface area contributed by atoms with Gasteiger partial charge in [-0.05, 0) is 42.8 Å². The molecule has 3 aromatic carbocycles. The van der Waals surface area contributed by atoms with Crippen LogP contribution in [0.5, 0.6) is 0 Å². The van der Waals surface area contributed by atoms with Gasteiger partial charge in [0.25, 0.3) is 0 Å². The number of ketones is 1. The van der Waals surface area contributed by atoms with Crippen LogP contribution in [0.1, 0.15) is 13.8 Å². The maximum atomic E-state index is 10.0. The number of rotatable bonds is 4. The van der Waals surface area contributed by atoms with Gasteiger partial charge in [0.05, 0.1) is 16.0 Å². The van der Waals surface area contributed by atoms with Gasteiger partial charge in [0.2, 0.25) is 0 Å². The summed E-state index contributed by atoms with van der Waals surface area (Å²) in [4.78, 5) is 16.2. The number of aromatic nitrogens is 1. The fourth-order valence-electron chi connectivity index (χ4n) is 3.54. The van der Waals surface area contributed by atoms with Crippen molar-refractivity contribution in [1.82, 2.24) is 4.98 Å². The summed E-state index contributed by atoms with van der Waals surface area (Å²) in [7, 11) is 0. The van der Waals surface area contributed by atoms with Crippen molar-refractivity contribution in [3.8, 4) is 32.8 Å². The molecule has 5 heteroatoms. The van der Waals surface area contributed by atoms with Crippen molar-refractivity contribution in [2.75, 3.05) is 0 Å². The van der Waals surface area contributed by atoms with Crippen molar-refractivity contribution in [2.45, 2.75) is 13.8 Å². The molecule has 0 atom stereocenters. The van der Waals surface area contributed by atoms with Gasteiger partial charge < -0.3 is 5.11 Å². The Kier molecular flexibility index (Phi) is 9.27. The van der Waals surface area contributed by atoms with Crippen LogP contribution in [-0.4, -0.2) is 15.9 Å². The smallest absolute Gasteiger partial charge is 0.155 e. The number of pyridine rings is 1. The largest absolute Gasteiger partial charge is 0.512 e. The normalized spacial score (nSPS) is 10.7. The van der Waals surface area contributed by atoms with E-state index in [2.05, 4.69) is 84.9 Å². The molecule has 0 aliphatic heterocycles. The Morgan fingerprint density at radius 2 is 1.51 bits per heavy atom. The number of hydrogen-bond acceptors (Lipinski definition) is 4. The van der Waals surface area contributed by atoms with E-state index < -0.39 is 0 Å². The molecule has 0 saturated heterocycles. The second kappa shape index (κ2) is 12.4. The predicted molar refractivity (Wildman–Crippen MR) is 142 cm³/mol. The summed E-state index contributed by atoms with van der Waals surface area (Å²) in [6, 6.07) is 36.9. The van der Waals surface area contributed by atoms with Gasteiger partial charge in [-0.1, -0.05) is 66.7 Å². The summed E-state index contributed by atoms with van der Waals surface area (Å²) in [6.07, 6.45) is 1.17. The minimum atomic E-state index is -0.125. The standard InChI is InChI=1S/C25H16NS.C5H8O2.Ir/c1-3-8-18(9-4-1)20-12-7-13-21(16-20)22-14-15-24-23(26-22)17-25(27-24)19-10-5-2-6-11-19;1-4(6)3-5(2)7;/h1-12,14-17H;3,6H,1-2H3;/q-1;;/b;4-3-;. The molecule has 0 aliphatic rings. The summed E-state index contributed by atoms with van der Waals surface area (Å²) in [5.41, 5.74) is 6.63. The van der Waals surface area contributed by atoms with Crippen molar-refractivity contribution in [2.24, 2.45) is 0 Å². The van der Waals surface area contributed by atoms with E-state index in [1.54, 1.807) is 11.3 Å². The average molecular weight is 655 g/mol. The van der Waals surface area contributed by atoms with E-state index in [0.29, 0.717) is 0 Å². The van der Waals surface area contributed by atoms with E-state index in [-0.39, 0.29) is 31.6 Å². The number of allylic oxidation sites excluding steroid dienone is 2. The number of aliphatic hydroxyl groups is 1. The fourth-order valence-corrected chi connectivity index (χ4v) is 4.54. The third-order valence-electron chi connectivity index (χ3n) is 5.03. The van der Waals surface area contributed by atoms with Gasteiger partial charge in [-0.2, -0.15) is 0 Å². The molecule has 2 heterocycles. The molecule has 0 unspecified atom stereocenters. The molecule has 0 bridgehead atoms. The zero-order valence-corrected chi connectivity index (χ0v) is 22.6. The SMILES string of the molecule is CC(=O)/C=C(/C)O.[Ir].[c-]1ccc(-c2ccccc2)cc1-c1ccc2sc(-c3ccccc3)cc2n1. The Labute approximate surface area is 223 Å². The van der Waals surface area contributed by atoms with E-state index in [0.717, 1.165) is 16.8 Å². The number of hydrogen-bond donors (Lipinski definition) is 1. The first-order valence-corrected chi connectivity index (χ1v) is 11.7. The zero-order chi connectivity index (χ0) is 23.9. The number of fused-ring (bicyclic) bond motifs is 1. The predicted octanol–water partition coefficient (Wildman–Crippen LogP) is 8.13. The van der Waals surface area contributed by atoms with Crippen molar-refractivity contribution >= 4 is 27.3 Å².